The summed E-state index contributed by atoms with van der Waals surface area (Å²) in [7, 11) is 0. The summed E-state index contributed by atoms with van der Waals surface area (Å²) in [5.74, 6) is 3.26. The lowest BCUT2D eigenvalue weighted by atomic mass is 10.2. The molecule has 0 heterocycles. The summed E-state index contributed by atoms with van der Waals surface area (Å²) in [6, 6.07) is 7.96. The van der Waals surface area contributed by atoms with E-state index in [2.05, 4.69) is 11.2 Å². The second-order valence-corrected chi connectivity index (χ2v) is 3.86. The maximum Gasteiger partial charge on any atom is 0.148 e. The van der Waals surface area contributed by atoms with E-state index in [9.17, 15) is 0 Å². The second-order valence-electron chi connectivity index (χ2n) is 3.86. The summed E-state index contributed by atoms with van der Waals surface area (Å²) in [4.78, 5) is 0. The quantitative estimate of drug-likeness (QED) is 0.558. The minimum absolute atomic E-state index is 0. The standard InChI is InChI=1S/C15H21NO2.ClH/c1-3-11-18-15-8-6-14(7-9-15)13-16-10-5-12-17-4-2;/h1,6-9,16H,4-5,10-13H2,2H3;1H. The van der Waals surface area contributed by atoms with E-state index in [0.29, 0.717) is 6.61 Å². The van der Waals surface area contributed by atoms with Crippen LogP contribution >= 0.6 is 12.4 Å². The van der Waals surface area contributed by atoms with Gasteiger partial charge in [-0.1, -0.05) is 18.1 Å². The van der Waals surface area contributed by atoms with Crippen LogP contribution in [0.25, 0.3) is 0 Å². The summed E-state index contributed by atoms with van der Waals surface area (Å²) in [6.07, 6.45) is 6.17. The number of hydrogen-bond acceptors (Lipinski definition) is 3. The van der Waals surface area contributed by atoms with Gasteiger partial charge < -0.3 is 14.8 Å². The van der Waals surface area contributed by atoms with Crippen molar-refractivity contribution >= 4 is 12.4 Å². The second kappa shape index (κ2) is 11.9. The molecule has 0 spiro atoms. The molecule has 19 heavy (non-hydrogen) atoms. The lowest BCUT2D eigenvalue weighted by Crippen LogP contribution is -2.16. The van der Waals surface area contributed by atoms with Crippen LogP contribution in [-0.2, 0) is 11.3 Å². The Bertz CT molecular complexity index is 359. The third-order valence-corrected chi connectivity index (χ3v) is 2.42. The zero-order valence-corrected chi connectivity index (χ0v) is 12.2. The molecule has 0 atom stereocenters. The van der Waals surface area contributed by atoms with Gasteiger partial charge in [-0.05, 0) is 37.6 Å². The predicted octanol–water partition coefficient (Wildman–Crippen LogP) is 2.64. The smallest absolute Gasteiger partial charge is 0.148 e. The minimum Gasteiger partial charge on any atom is -0.481 e. The summed E-state index contributed by atoms with van der Waals surface area (Å²) in [5.41, 5.74) is 1.24. The molecule has 0 saturated heterocycles. The zero-order valence-electron chi connectivity index (χ0n) is 11.4. The van der Waals surface area contributed by atoms with Crippen LogP contribution in [0.5, 0.6) is 5.75 Å². The van der Waals surface area contributed by atoms with Gasteiger partial charge in [0.05, 0.1) is 0 Å². The largest absolute Gasteiger partial charge is 0.481 e. The highest BCUT2D eigenvalue weighted by atomic mass is 35.5. The first-order chi connectivity index (χ1) is 8.86. The predicted molar refractivity (Wildman–Crippen MR) is 80.8 cm³/mol. The Labute approximate surface area is 122 Å². The van der Waals surface area contributed by atoms with E-state index in [0.717, 1.165) is 38.5 Å². The highest BCUT2D eigenvalue weighted by Crippen LogP contribution is 2.11. The molecule has 0 bridgehead atoms. The van der Waals surface area contributed by atoms with Crippen molar-refractivity contribution in [3.05, 3.63) is 29.8 Å². The van der Waals surface area contributed by atoms with Crippen molar-refractivity contribution in [1.29, 1.82) is 0 Å². The number of rotatable bonds is 9. The molecule has 0 aromatic heterocycles. The number of halogens is 1. The fourth-order valence-corrected chi connectivity index (χ4v) is 1.50. The van der Waals surface area contributed by atoms with Crippen molar-refractivity contribution in [2.24, 2.45) is 0 Å². The summed E-state index contributed by atoms with van der Waals surface area (Å²) >= 11 is 0. The fraction of sp³-hybridized carbons (Fsp3) is 0.467. The van der Waals surface area contributed by atoms with Gasteiger partial charge >= 0.3 is 0 Å². The molecule has 0 saturated carbocycles. The molecule has 1 aromatic rings. The minimum atomic E-state index is 0. The van der Waals surface area contributed by atoms with Crippen molar-refractivity contribution in [2.45, 2.75) is 19.9 Å². The Hall–Kier alpha value is -1.21. The van der Waals surface area contributed by atoms with Crippen molar-refractivity contribution in [3.8, 4) is 18.1 Å². The summed E-state index contributed by atoms with van der Waals surface area (Å²) in [5, 5.41) is 3.37. The van der Waals surface area contributed by atoms with Crippen LogP contribution in [0.2, 0.25) is 0 Å². The van der Waals surface area contributed by atoms with Crippen molar-refractivity contribution < 1.29 is 9.47 Å². The van der Waals surface area contributed by atoms with Crippen LogP contribution in [-0.4, -0.2) is 26.4 Å². The molecule has 0 radical (unpaired) electrons. The lowest BCUT2D eigenvalue weighted by molar-refractivity contribution is 0.144. The molecule has 0 unspecified atom stereocenters. The van der Waals surface area contributed by atoms with E-state index in [4.69, 9.17) is 15.9 Å². The Balaban J connectivity index is 0.00000324. The molecule has 1 N–H and O–H groups in total. The molecule has 3 nitrogen and oxygen atoms in total. The lowest BCUT2D eigenvalue weighted by Gasteiger charge is -2.06. The first kappa shape index (κ1) is 17.8. The average Bonchev–Trinajstić information content (AvgIpc) is 2.42. The van der Waals surface area contributed by atoms with Gasteiger partial charge in [0, 0.05) is 19.8 Å². The maximum atomic E-state index is 5.31. The van der Waals surface area contributed by atoms with Crippen LogP contribution in [0.3, 0.4) is 0 Å². The molecule has 0 amide bonds. The van der Waals surface area contributed by atoms with Gasteiger partial charge in [0.1, 0.15) is 12.4 Å². The van der Waals surface area contributed by atoms with Gasteiger partial charge in [-0.2, -0.15) is 0 Å². The fourth-order valence-electron chi connectivity index (χ4n) is 1.50. The van der Waals surface area contributed by atoms with Gasteiger partial charge in [0.2, 0.25) is 0 Å². The maximum absolute atomic E-state index is 5.31. The summed E-state index contributed by atoms with van der Waals surface area (Å²) < 4.78 is 10.6. The van der Waals surface area contributed by atoms with Gasteiger partial charge in [-0.25, -0.2) is 0 Å². The number of hydrogen-bond donors (Lipinski definition) is 1. The van der Waals surface area contributed by atoms with Gasteiger partial charge in [-0.3, -0.25) is 0 Å². The molecule has 0 aliphatic rings. The molecular formula is C15H22ClNO2. The van der Waals surface area contributed by atoms with Crippen molar-refractivity contribution in [3.63, 3.8) is 0 Å². The molecule has 1 rings (SSSR count). The van der Waals surface area contributed by atoms with Crippen LogP contribution in [0.4, 0.5) is 0 Å². The number of nitrogens with one attached hydrogen (secondary N) is 1. The van der Waals surface area contributed by atoms with Crippen molar-refractivity contribution in [2.75, 3.05) is 26.4 Å². The van der Waals surface area contributed by atoms with Crippen LogP contribution < -0.4 is 10.1 Å². The average molecular weight is 284 g/mol. The number of ether oxygens (including phenoxy) is 2. The Morgan fingerprint density at radius 1 is 1.26 bits per heavy atom. The molecule has 4 heteroatoms. The number of terminal acetylenes is 1. The van der Waals surface area contributed by atoms with E-state index in [1.54, 1.807) is 0 Å². The van der Waals surface area contributed by atoms with E-state index < -0.39 is 0 Å². The molecule has 106 valence electrons. The van der Waals surface area contributed by atoms with E-state index in [1.165, 1.54) is 5.56 Å². The third-order valence-electron chi connectivity index (χ3n) is 2.42. The highest BCUT2D eigenvalue weighted by Gasteiger charge is 1.95. The van der Waals surface area contributed by atoms with Crippen LogP contribution in [0, 0.1) is 12.3 Å². The first-order valence-electron chi connectivity index (χ1n) is 6.30. The normalized spacial score (nSPS) is 9.47. The van der Waals surface area contributed by atoms with Gasteiger partial charge in [0.25, 0.3) is 0 Å². The van der Waals surface area contributed by atoms with Crippen LogP contribution in [0.1, 0.15) is 18.9 Å². The Kier molecular flexibility index (Phi) is 11.1. The SMILES string of the molecule is C#CCOc1ccc(CNCCCOCC)cc1.Cl. The van der Waals surface area contributed by atoms with E-state index in [1.807, 2.05) is 31.2 Å². The summed E-state index contributed by atoms with van der Waals surface area (Å²) in [6.45, 7) is 5.77. The molecule has 0 aliphatic heterocycles. The molecule has 0 aliphatic carbocycles. The van der Waals surface area contributed by atoms with Gasteiger partial charge in [0.15, 0.2) is 0 Å². The number of benzene rings is 1. The Morgan fingerprint density at radius 2 is 2.00 bits per heavy atom. The molecule has 0 fully saturated rings. The topological polar surface area (TPSA) is 30.5 Å². The van der Waals surface area contributed by atoms with Crippen LogP contribution in [0.15, 0.2) is 24.3 Å². The first-order valence-corrected chi connectivity index (χ1v) is 6.30. The van der Waals surface area contributed by atoms with E-state index >= 15 is 0 Å². The Morgan fingerprint density at radius 3 is 2.63 bits per heavy atom. The molecular weight excluding hydrogens is 262 g/mol. The zero-order chi connectivity index (χ0) is 13.1. The van der Waals surface area contributed by atoms with Gasteiger partial charge in [-0.15, -0.1) is 18.8 Å². The monoisotopic (exact) mass is 283 g/mol. The van der Waals surface area contributed by atoms with Crippen molar-refractivity contribution in [1.82, 2.24) is 5.32 Å². The van der Waals surface area contributed by atoms with E-state index in [-0.39, 0.29) is 12.4 Å². The highest BCUT2D eigenvalue weighted by molar-refractivity contribution is 5.85. The third kappa shape index (κ3) is 8.50. The molecule has 1 aromatic carbocycles.